The number of benzene rings is 1. The van der Waals surface area contributed by atoms with Crippen molar-refractivity contribution in [3.8, 4) is 0 Å². The highest BCUT2D eigenvalue weighted by molar-refractivity contribution is 7.89. The summed E-state index contributed by atoms with van der Waals surface area (Å²) >= 11 is 0. The molecule has 0 aliphatic heterocycles. The fraction of sp³-hybridized carbons (Fsp3) is 0.500. The summed E-state index contributed by atoms with van der Waals surface area (Å²) in [6, 6.07) is 4.05. The third kappa shape index (κ3) is 3.95. The summed E-state index contributed by atoms with van der Waals surface area (Å²) in [4.78, 5) is 11.4. The third-order valence-corrected chi connectivity index (χ3v) is 5.28. The van der Waals surface area contributed by atoms with Gasteiger partial charge in [-0.2, -0.15) is 0 Å². The first kappa shape index (κ1) is 17.5. The van der Waals surface area contributed by atoms with Gasteiger partial charge in [0.1, 0.15) is 4.90 Å². The molecule has 0 amide bonds. The zero-order chi connectivity index (χ0) is 16.2. The van der Waals surface area contributed by atoms with Crippen LogP contribution in [-0.4, -0.2) is 39.4 Å². The van der Waals surface area contributed by atoms with Crippen LogP contribution in [0.25, 0.3) is 0 Å². The maximum atomic E-state index is 12.5. The van der Waals surface area contributed by atoms with Gasteiger partial charge in [0.25, 0.3) is 0 Å². The van der Waals surface area contributed by atoms with Crippen molar-refractivity contribution in [1.82, 2.24) is 4.31 Å². The molecule has 0 fully saturated rings. The van der Waals surface area contributed by atoms with Crippen molar-refractivity contribution in [2.45, 2.75) is 25.2 Å². The van der Waals surface area contributed by atoms with E-state index < -0.39 is 16.0 Å². The lowest BCUT2D eigenvalue weighted by atomic mass is 10.1. The summed E-state index contributed by atoms with van der Waals surface area (Å²) in [6.45, 7) is 4.40. The number of ether oxygens (including phenoxy) is 1. The largest absolute Gasteiger partial charge is 0.465 e. The van der Waals surface area contributed by atoms with Gasteiger partial charge in [0.2, 0.25) is 10.0 Å². The van der Waals surface area contributed by atoms with Crippen LogP contribution < -0.4 is 5.73 Å². The molecule has 0 bridgehead atoms. The molecule has 1 aromatic rings. The average Bonchev–Trinajstić information content (AvgIpc) is 2.45. The van der Waals surface area contributed by atoms with Crippen molar-refractivity contribution < 1.29 is 17.9 Å². The van der Waals surface area contributed by atoms with Crippen LogP contribution in [0.15, 0.2) is 23.1 Å². The van der Waals surface area contributed by atoms with Gasteiger partial charge in [0, 0.05) is 13.6 Å². The highest BCUT2D eigenvalue weighted by atomic mass is 32.2. The Morgan fingerprint density at radius 1 is 1.43 bits per heavy atom. The molecular weight excluding hydrogens is 292 g/mol. The standard InChI is InChI=1S/C14H22N2O4S/c1-5-10(2)9-16(3)21(18,19)13-7-6-11(8-12(13)15)14(17)20-4/h6-8,10H,5,9,15H2,1-4H3. The minimum absolute atomic E-state index is 0.000885. The highest BCUT2D eigenvalue weighted by Crippen LogP contribution is 2.24. The van der Waals surface area contributed by atoms with Crippen LogP contribution in [0, 0.1) is 5.92 Å². The van der Waals surface area contributed by atoms with Gasteiger partial charge < -0.3 is 10.5 Å². The molecule has 0 radical (unpaired) electrons. The first-order valence-corrected chi connectivity index (χ1v) is 8.12. The number of rotatable bonds is 6. The lowest BCUT2D eigenvalue weighted by Crippen LogP contribution is -2.31. The Kier molecular flexibility index (Phi) is 5.74. The van der Waals surface area contributed by atoms with Crippen molar-refractivity contribution in [3.63, 3.8) is 0 Å². The summed E-state index contributed by atoms with van der Waals surface area (Å²) in [6.07, 6.45) is 0.886. The quantitative estimate of drug-likeness (QED) is 0.638. The Balaban J connectivity index is 3.12. The number of hydrogen-bond donors (Lipinski definition) is 1. The summed E-state index contributed by atoms with van der Waals surface area (Å²) in [5.74, 6) is -0.307. The molecule has 1 atom stereocenters. The highest BCUT2D eigenvalue weighted by Gasteiger charge is 2.25. The van der Waals surface area contributed by atoms with Crippen molar-refractivity contribution in [2.75, 3.05) is 26.4 Å². The minimum atomic E-state index is -3.67. The van der Waals surface area contributed by atoms with Crippen LogP contribution in [-0.2, 0) is 14.8 Å². The van der Waals surface area contributed by atoms with Crippen LogP contribution in [0.2, 0.25) is 0 Å². The molecule has 0 aliphatic rings. The number of sulfonamides is 1. The predicted molar refractivity (Wildman–Crippen MR) is 81.5 cm³/mol. The molecule has 21 heavy (non-hydrogen) atoms. The van der Waals surface area contributed by atoms with E-state index in [2.05, 4.69) is 4.74 Å². The monoisotopic (exact) mass is 314 g/mol. The van der Waals surface area contributed by atoms with E-state index in [1.54, 1.807) is 0 Å². The van der Waals surface area contributed by atoms with Crippen LogP contribution in [0.1, 0.15) is 30.6 Å². The summed E-state index contributed by atoms with van der Waals surface area (Å²) in [5, 5.41) is 0. The lowest BCUT2D eigenvalue weighted by Gasteiger charge is -2.21. The van der Waals surface area contributed by atoms with E-state index in [-0.39, 0.29) is 22.1 Å². The Bertz CT molecular complexity index is 613. The van der Waals surface area contributed by atoms with E-state index in [4.69, 9.17) is 5.73 Å². The van der Waals surface area contributed by atoms with Gasteiger partial charge in [-0.25, -0.2) is 17.5 Å². The van der Waals surface area contributed by atoms with Crippen molar-refractivity contribution in [3.05, 3.63) is 23.8 Å². The number of anilines is 1. The molecule has 0 aromatic heterocycles. The van der Waals surface area contributed by atoms with Gasteiger partial charge in [0.05, 0.1) is 18.4 Å². The molecule has 1 unspecified atom stereocenters. The van der Waals surface area contributed by atoms with Gasteiger partial charge in [-0.05, 0) is 24.1 Å². The van der Waals surface area contributed by atoms with Crippen molar-refractivity contribution in [1.29, 1.82) is 0 Å². The molecule has 1 aromatic carbocycles. The van der Waals surface area contributed by atoms with E-state index in [1.165, 1.54) is 36.7 Å². The minimum Gasteiger partial charge on any atom is -0.465 e. The number of hydrogen-bond acceptors (Lipinski definition) is 5. The van der Waals surface area contributed by atoms with Gasteiger partial charge in [-0.3, -0.25) is 0 Å². The second-order valence-electron chi connectivity index (χ2n) is 5.04. The van der Waals surface area contributed by atoms with Gasteiger partial charge in [-0.1, -0.05) is 20.3 Å². The molecule has 0 saturated carbocycles. The molecule has 7 heteroatoms. The van der Waals surface area contributed by atoms with E-state index in [0.29, 0.717) is 6.54 Å². The van der Waals surface area contributed by atoms with Gasteiger partial charge in [-0.15, -0.1) is 0 Å². The second kappa shape index (κ2) is 6.91. The first-order chi connectivity index (χ1) is 9.73. The topological polar surface area (TPSA) is 89.7 Å². The van der Waals surface area contributed by atoms with E-state index in [1.807, 2.05) is 13.8 Å². The Hall–Kier alpha value is -1.60. The molecule has 0 saturated heterocycles. The van der Waals surface area contributed by atoms with E-state index in [0.717, 1.165) is 6.42 Å². The molecular formula is C14H22N2O4S. The Labute approximate surface area is 125 Å². The number of nitrogen functional groups attached to an aromatic ring is 1. The Morgan fingerprint density at radius 3 is 2.52 bits per heavy atom. The molecule has 0 heterocycles. The summed E-state index contributed by atoms with van der Waals surface area (Å²) in [7, 11) is -0.892. The molecule has 118 valence electrons. The molecule has 0 aliphatic carbocycles. The molecule has 2 N–H and O–H groups in total. The maximum Gasteiger partial charge on any atom is 0.337 e. The van der Waals surface area contributed by atoms with E-state index in [9.17, 15) is 13.2 Å². The fourth-order valence-electron chi connectivity index (χ4n) is 1.86. The number of esters is 1. The van der Waals surface area contributed by atoms with E-state index >= 15 is 0 Å². The normalized spacial score (nSPS) is 13.2. The van der Waals surface area contributed by atoms with Crippen LogP contribution in [0.4, 0.5) is 5.69 Å². The first-order valence-electron chi connectivity index (χ1n) is 6.68. The number of nitrogens with two attached hydrogens (primary N) is 1. The van der Waals surface area contributed by atoms with Crippen LogP contribution in [0.3, 0.4) is 0 Å². The molecule has 1 rings (SSSR count). The van der Waals surface area contributed by atoms with Gasteiger partial charge in [0.15, 0.2) is 0 Å². The second-order valence-corrected chi connectivity index (χ2v) is 7.06. The summed E-state index contributed by atoms with van der Waals surface area (Å²) < 4.78 is 30.8. The fourth-order valence-corrected chi connectivity index (χ4v) is 3.25. The van der Waals surface area contributed by atoms with Crippen molar-refractivity contribution in [2.24, 2.45) is 5.92 Å². The predicted octanol–water partition coefficient (Wildman–Crippen LogP) is 1.72. The zero-order valence-electron chi connectivity index (χ0n) is 12.8. The summed E-state index contributed by atoms with van der Waals surface area (Å²) in [5.41, 5.74) is 6.04. The smallest absolute Gasteiger partial charge is 0.337 e. The van der Waals surface area contributed by atoms with Crippen LogP contribution >= 0.6 is 0 Å². The third-order valence-electron chi connectivity index (χ3n) is 3.38. The van der Waals surface area contributed by atoms with Crippen LogP contribution in [0.5, 0.6) is 0 Å². The zero-order valence-corrected chi connectivity index (χ0v) is 13.6. The number of carbonyl (C=O) groups is 1. The molecule has 6 nitrogen and oxygen atoms in total. The lowest BCUT2D eigenvalue weighted by molar-refractivity contribution is 0.0600. The number of methoxy groups -OCH3 is 1. The van der Waals surface area contributed by atoms with Gasteiger partial charge >= 0.3 is 5.97 Å². The average molecular weight is 314 g/mol. The maximum absolute atomic E-state index is 12.5. The number of nitrogens with zero attached hydrogens (tertiary/aromatic N) is 1. The molecule has 0 spiro atoms. The van der Waals surface area contributed by atoms with Crippen molar-refractivity contribution >= 4 is 21.7 Å². The number of carbonyl (C=O) groups excluding carboxylic acids is 1. The SMILES string of the molecule is CCC(C)CN(C)S(=O)(=O)c1ccc(C(=O)OC)cc1N. The Morgan fingerprint density at radius 2 is 2.05 bits per heavy atom.